The van der Waals surface area contributed by atoms with Gasteiger partial charge in [0.25, 0.3) is 11.1 Å². The summed E-state index contributed by atoms with van der Waals surface area (Å²) in [7, 11) is 3.30. The van der Waals surface area contributed by atoms with E-state index in [1.54, 1.807) is 36.9 Å². The first-order valence-corrected chi connectivity index (χ1v) is 11.9. The number of aromatic nitrogens is 6. The van der Waals surface area contributed by atoms with E-state index >= 15 is 0 Å². The zero-order valence-electron chi connectivity index (χ0n) is 19.0. The molecule has 0 radical (unpaired) electrons. The molecule has 2 aromatic carbocycles. The number of rotatable bonds is 6. The van der Waals surface area contributed by atoms with Crippen LogP contribution in [0.1, 0.15) is 6.42 Å². The first-order valence-electron chi connectivity index (χ1n) is 10.9. The maximum atomic E-state index is 13.5. The number of hydrogen-bond donors (Lipinski definition) is 0. The van der Waals surface area contributed by atoms with Crippen molar-refractivity contribution >= 4 is 33.8 Å². The molecule has 5 aromatic rings. The van der Waals surface area contributed by atoms with Crippen LogP contribution in [0.15, 0.2) is 74.4 Å². The first kappa shape index (κ1) is 22.8. The third kappa shape index (κ3) is 3.97. The number of hydrogen-bond acceptors (Lipinski definition) is 6. The molecule has 0 saturated heterocycles. The summed E-state index contributed by atoms with van der Waals surface area (Å²) in [6.45, 7) is 0.202. The quantitative estimate of drug-likeness (QED) is 0.205. The van der Waals surface area contributed by atoms with Crippen LogP contribution in [-0.4, -0.2) is 34.0 Å². The van der Waals surface area contributed by atoms with Gasteiger partial charge in [-0.3, -0.25) is 23.3 Å². The van der Waals surface area contributed by atoms with Crippen molar-refractivity contribution in [2.24, 2.45) is 14.1 Å². The SMILES string of the molecule is Cn1cnc2c1c(=O)n(CCCSc1nc3ccccc3c(=O)n1-c1ccc(F)cc1)c(=O)n2C. The molecule has 9 nitrogen and oxygen atoms in total. The van der Waals surface area contributed by atoms with Gasteiger partial charge in [-0.2, -0.15) is 0 Å². The molecule has 0 atom stereocenters. The summed E-state index contributed by atoms with van der Waals surface area (Å²) in [5, 5.41) is 0.906. The van der Waals surface area contributed by atoms with Gasteiger partial charge in [-0.25, -0.2) is 19.2 Å². The van der Waals surface area contributed by atoms with Gasteiger partial charge in [0.15, 0.2) is 16.3 Å². The predicted octanol–water partition coefficient (Wildman–Crippen LogP) is 2.45. The van der Waals surface area contributed by atoms with Crippen LogP contribution in [0, 0.1) is 5.82 Å². The molecule has 3 aromatic heterocycles. The second kappa shape index (κ2) is 8.99. The van der Waals surface area contributed by atoms with Crippen molar-refractivity contribution in [1.82, 2.24) is 28.2 Å². The Morgan fingerprint density at radius 1 is 0.971 bits per heavy atom. The molecule has 0 aliphatic carbocycles. The summed E-state index contributed by atoms with van der Waals surface area (Å²) < 4.78 is 19.1. The summed E-state index contributed by atoms with van der Waals surface area (Å²) in [5.74, 6) is 0.0903. The summed E-state index contributed by atoms with van der Waals surface area (Å²) in [4.78, 5) is 47.7. The Kier molecular flexibility index (Phi) is 5.85. The van der Waals surface area contributed by atoms with E-state index in [2.05, 4.69) is 9.97 Å². The Morgan fingerprint density at radius 2 is 1.71 bits per heavy atom. The van der Waals surface area contributed by atoms with Crippen molar-refractivity contribution in [3.63, 3.8) is 0 Å². The van der Waals surface area contributed by atoms with Gasteiger partial charge in [-0.05, 0) is 42.8 Å². The lowest BCUT2D eigenvalue weighted by Gasteiger charge is -2.13. The lowest BCUT2D eigenvalue weighted by atomic mass is 10.2. The largest absolute Gasteiger partial charge is 0.332 e. The van der Waals surface area contributed by atoms with Gasteiger partial charge in [-0.1, -0.05) is 23.9 Å². The van der Waals surface area contributed by atoms with Crippen molar-refractivity contribution in [3.8, 4) is 5.69 Å². The second-order valence-corrected chi connectivity index (χ2v) is 9.12. The third-order valence-corrected chi connectivity index (χ3v) is 6.81. The van der Waals surface area contributed by atoms with Crippen molar-refractivity contribution in [3.05, 3.63) is 91.9 Å². The fourth-order valence-corrected chi connectivity index (χ4v) is 4.94. The Morgan fingerprint density at radius 3 is 2.49 bits per heavy atom. The molecule has 0 bridgehead atoms. The Bertz CT molecular complexity index is 1750. The van der Waals surface area contributed by atoms with Crippen molar-refractivity contribution in [1.29, 1.82) is 0 Å². The Balaban J connectivity index is 1.45. The molecule has 0 spiro atoms. The number of halogens is 1. The minimum atomic E-state index is -0.432. The average Bonchev–Trinajstić information content (AvgIpc) is 3.25. The van der Waals surface area contributed by atoms with E-state index in [9.17, 15) is 18.8 Å². The zero-order chi connectivity index (χ0) is 24.7. The van der Waals surface area contributed by atoms with E-state index in [0.29, 0.717) is 45.1 Å². The van der Waals surface area contributed by atoms with Gasteiger partial charge in [0.2, 0.25) is 0 Å². The van der Waals surface area contributed by atoms with Crippen LogP contribution >= 0.6 is 11.8 Å². The molecule has 0 fully saturated rings. The van der Waals surface area contributed by atoms with Gasteiger partial charge in [0.05, 0.1) is 22.9 Å². The molecule has 35 heavy (non-hydrogen) atoms. The van der Waals surface area contributed by atoms with E-state index in [1.165, 1.54) is 56.1 Å². The number of thioether (sulfide) groups is 1. The van der Waals surface area contributed by atoms with Crippen molar-refractivity contribution < 1.29 is 4.39 Å². The lowest BCUT2D eigenvalue weighted by molar-refractivity contribution is 0.594. The molecule has 11 heteroatoms. The van der Waals surface area contributed by atoms with Crippen LogP contribution in [0.25, 0.3) is 27.8 Å². The van der Waals surface area contributed by atoms with Gasteiger partial charge < -0.3 is 4.57 Å². The zero-order valence-corrected chi connectivity index (χ0v) is 19.8. The topological polar surface area (TPSA) is 96.7 Å². The van der Waals surface area contributed by atoms with Gasteiger partial charge in [0, 0.05) is 26.4 Å². The van der Waals surface area contributed by atoms with Crippen LogP contribution in [0.3, 0.4) is 0 Å². The normalized spacial score (nSPS) is 11.5. The Hall–Kier alpha value is -3.99. The van der Waals surface area contributed by atoms with Crippen LogP contribution in [0.4, 0.5) is 4.39 Å². The van der Waals surface area contributed by atoms with Gasteiger partial charge in [-0.15, -0.1) is 0 Å². The summed E-state index contributed by atoms with van der Waals surface area (Å²) in [5.41, 5.74) is 0.696. The molecule has 0 saturated carbocycles. The molecule has 5 rings (SSSR count). The highest BCUT2D eigenvalue weighted by molar-refractivity contribution is 7.99. The molecular weight excluding hydrogens is 471 g/mol. The molecule has 0 unspecified atom stereocenters. The first-order chi connectivity index (χ1) is 16.9. The van der Waals surface area contributed by atoms with Crippen LogP contribution in [0.2, 0.25) is 0 Å². The van der Waals surface area contributed by atoms with E-state index < -0.39 is 11.5 Å². The number of fused-ring (bicyclic) bond motifs is 2. The predicted molar refractivity (Wildman–Crippen MR) is 133 cm³/mol. The minimum Gasteiger partial charge on any atom is -0.328 e. The van der Waals surface area contributed by atoms with Gasteiger partial charge >= 0.3 is 5.69 Å². The average molecular weight is 493 g/mol. The van der Waals surface area contributed by atoms with E-state index in [1.807, 2.05) is 6.07 Å². The van der Waals surface area contributed by atoms with E-state index in [0.717, 1.165) is 0 Å². The standard InChI is InChI=1S/C24H21FN6O3S/c1-28-14-26-20-19(28)22(33)30(24(34)29(20)2)12-5-13-35-23-27-18-7-4-3-6-17(18)21(32)31(23)16-10-8-15(25)9-11-16/h3-4,6-11,14H,5,12-13H2,1-2H3. The highest BCUT2D eigenvalue weighted by Gasteiger charge is 2.16. The second-order valence-electron chi connectivity index (χ2n) is 8.06. The van der Waals surface area contributed by atoms with Crippen molar-refractivity contribution in [2.45, 2.75) is 18.1 Å². The summed E-state index contributed by atoms with van der Waals surface area (Å²) in [6, 6.07) is 12.7. The fraction of sp³-hybridized carbons (Fsp3) is 0.208. The summed E-state index contributed by atoms with van der Waals surface area (Å²) >= 11 is 1.34. The maximum Gasteiger partial charge on any atom is 0.332 e. The van der Waals surface area contributed by atoms with E-state index in [4.69, 9.17) is 0 Å². The highest BCUT2D eigenvalue weighted by atomic mass is 32.2. The highest BCUT2D eigenvalue weighted by Crippen LogP contribution is 2.22. The molecule has 0 amide bonds. The molecule has 0 aliphatic rings. The smallest absolute Gasteiger partial charge is 0.328 e. The van der Waals surface area contributed by atoms with Crippen LogP contribution in [0.5, 0.6) is 0 Å². The number of imidazole rings is 1. The Labute approximate surface area is 202 Å². The maximum absolute atomic E-state index is 13.5. The number of benzene rings is 2. The number of para-hydroxylation sites is 1. The monoisotopic (exact) mass is 492 g/mol. The molecule has 0 N–H and O–H groups in total. The van der Waals surface area contributed by atoms with Crippen LogP contribution < -0.4 is 16.8 Å². The molecule has 0 aliphatic heterocycles. The van der Waals surface area contributed by atoms with Crippen molar-refractivity contribution in [2.75, 3.05) is 5.75 Å². The van der Waals surface area contributed by atoms with E-state index in [-0.39, 0.29) is 17.7 Å². The third-order valence-electron chi connectivity index (χ3n) is 5.79. The van der Waals surface area contributed by atoms with Crippen LogP contribution in [-0.2, 0) is 20.6 Å². The molecule has 3 heterocycles. The summed E-state index contributed by atoms with van der Waals surface area (Å²) in [6.07, 6.45) is 1.99. The minimum absolute atomic E-state index is 0.202. The van der Waals surface area contributed by atoms with Gasteiger partial charge in [0.1, 0.15) is 5.82 Å². The fourth-order valence-electron chi connectivity index (χ4n) is 4.01. The molecular formula is C24H21FN6O3S. The number of nitrogens with zero attached hydrogens (tertiary/aromatic N) is 6. The number of aryl methyl sites for hydroxylation is 2. The molecule has 178 valence electrons. The lowest BCUT2D eigenvalue weighted by Crippen LogP contribution is -2.39.